The van der Waals surface area contributed by atoms with Crippen LogP contribution in [0.25, 0.3) is 0 Å². The zero-order chi connectivity index (χ0) is 12.0. The second kappa shape index (κ2) is 5.20. The van der Waals surface area contributed by atoms with E-state index in [-0.39, 0.29) is 12.4 Å². The Morgan fingerprint density at radius 3 is 2.78 bits per heavy atom. The molecule has 0 bridgehead atoms. The van der Waals surface area contributed by atoms with Gasteiger partial charge in [0.2, 0.25) is 0 Å². The molecule has 1 heterocycles. The van der Waals surface area contributed by atoms with Crippen molar-refractivity contribution in [3.05, 3.63) is 33.8 Å². The molecule has 2 atom stereocenters. The number of nitrogens with zero attached hydrogens (tertiary/aromatic N) is 1. The van der Waals surface area contributed by atoms with Gasteiger partial charge >= 0.3 is 0 Å². The summed E-state index contributed by atoms with van der Waals surface area (Å²) < 4.78 is 0. The fourth-order valence-corrected chi connectivity index (χ4v) is 3.62. The van der Waals surface area contributed by atoms with Crippen molar-refractivity contribution in [2.24, 2.45) is 5.92 Å². The SMILES string of the molecule is CCCN1C[C@@H]2C[C@]2(c2ccc(Cl)c(Cl)c2)C1.Cl. The van der Waals surface area contributed by atoms with Gasteiger partial charge in [-0.2, -0.15) is 0 Å². The molecule has 100 valence electrons. The van der Waals surface area contributed by atoms with Crippen molar-refractivity contribution in [1.29, 1.82) is 0 Å². The van der Waals surface area contributed by atoms with Gasteiger partial charge < -0.3 is 4.90 Å². The summed E-state index contributed by atoms with van der Waals surface area (Å²) in [7, 11) is 0. The van der Waals surface area contributed by atoms with Gasteiger partial charge in [-0.1, -0.05) is 36.2 Å². The molecule has 1 saturated heterocycles. The highest BCUT2D eigenvalue weighted by atomic mass is 35.5. The molecular weight excluding hydrogens is 289 g/mol. The van der Waals surface area contributed by atoms with E-state index in [2.05, 4.69) is 24.0 Å². The molecule has 1 aromatic rings. The van der Waals surface area contributed by atoms with Gasteiger partial charge in [-0.05, 0) is 43.0 Å². The van der Waals surface area contributed by atoms with E-state index in [0.29, 0.717) is 15.5 Å². The topological polar surface area (TPSA) is 3.24 Å². The quantitative estimate of drug-likeness (QED) is 0.800. The van der Waals surface area contributed by atoms with Crippen LogP contribution >= 0.6 is 35.6 Å². The summed E-state index contributed by atoms with van der Waals surface area (Å²) in [6.45, 7) is 5.92. The third-order valence-electron chi connectivity index (χ3n) is 4.25. The molecule has 18 heavy (non-hydrogen) atoms. The lowest BCUT2D eigenvalue weighted by atomic mass is 9.95. The summed E-state index contributed by atoms with van der Waals surface area (Å²) in [6, 6.07) is 6.16. The molecule has 2 aliphatic rings. The van der Waals surface area contributed by atoms with Crippen LogP contribution in [0.1, 0.15) is 25.3 Å². The number of piperidine rings is 1. The van der Waals surface area contributed by atoms with Crippen LogP contribution < -0.4 is 0 Å². The van der Waals surface area contributed by atoms with E-state index in [1.54, 1.807) is 0 Å². The molecule has 0 amide bonds. The molecule has 4 heteroatoms. The maximum Gasteiger partial charge on any atom is 0.0595 e. The predicted molar refractivity (Wildman–Crippen MR) is 80.2 cm³/mol. The lowest BCUT2D eigenvalue weighted by Crippen LogP contribution is -2.27. The van der Waals surface area contributed by atoms with Gasteiger partial charge in [-0.3, -0.25) is 0 Å². The Morgan fingerprint density at radius 1 is 1.33 bits per heavy atom. The van der Waals surface area contributed by atoms with Gasteiger partial charge in [0.05, 0.1) is 10.0 Å². The van der Waals surface area contributed by atoms with Gasteiger partial charge in [0, 0.05) is 18.5 Å². The first-order chi connectivity index (χ1) is 8.15. The minimum Gasteiger partial charge on any atom is -0.302 e. The highest BCUT2D eigenvalue weighted by Gasteiger charge is 2.60. The molecule has 0 radical (unpaired) electrons. The molecule has 0 N–H and O–H groups in total. The van der Waals surface area contributed by atoms with Gasteiger partial charge in [0.1, 0.15) is 0 Å². The van der Waals surface area contributed by atoms with E-state index in [4.69, 9.17) is 23.2 Å². The molecule has 1 aliphatic carbocycles. The number of hydrogen-bond donors (Lipinski definition) is 0. The molecule has 2 fully saturated rings. The summed E-state index contributed by atoms with van der Waals surface area (Å²) >= 11 is 12.1. The molecule has 1 aliphatic heterocycles. The van der Waals surface area contributed by atoms with Crippen LogP contribution in [0.2, 0.25) is 10.0 Å². The number of fused-ring (bicyclic) bond motifs is 1. The first-order valence-corrected chi connectivity index (χ1v) is 7.09. The second-order valence-electron chi connectivity index (χ2n) is 5.42. The zero-order valence-corrected chi connectivity index (χ0v) is 12.8. The number of rotatable bonds is 3. The van der Waals surface area contributed by atoms with Crippen LogP contribution in [-0.4, -0.2) is 24.5 Å². The molecule has 1 nitrogen and oxygen atoms in total. The molecule has 0 spiro atoms. The maximum absolute atomic E-state index is 6.12. The van der Waals surface area contributed by atoms with Crippen molar-refractivity contribution in [3.8, 4) is 0 Å². The first-order valence-electron chi connectivity index (χ1n) is 6.33. The van der Waals surface area contributed by atoms with Crippen LogP contribution in [0.5, 0.6) is 0 Å². The molecule has 3 rings (SSSR count). The average molecular weight is 307 g/mol. The Morgan fingerprint density at radius 2 is 2.11 bits per heavy atom. The molecule has 0 aromatic heterocycles. The smallest absolute Gasteiger partial charge is 0.0595 e. The fraction of sp³-hybridized carbons (Fsp3) is 0.571. The standard InChI is InChI=1S/C14H17Cl2N.ClH/c1-2-5-17-8-11-7-14(11,9-17)10-3-4-12(15)13(16)6-10;/h3-4,6,11H,2,5,7-9H2,1H3;1H/t11-,14+;/m0./s1. The van der Waals surface area contributed by atoms with Crippen molar-refractivity contribution >= 4 is 35.6 Å². The summed E-state index contributed by atoms with van der Waals surface area (Å²) in [5, 5.41) is 1.35. The van der Waals surface area contributed by atoms with Gasteiger partial charge in [0.25, 0.3) is 0 Å². The Balaban J connectivity index is 0.00000120. The third-order valence-corrected chi connectivity index (χ3v) is 4.99. The zero-order valence-electron chi connectivity index (χ0n) is 10.5. The van der Waals surface area contributed by atoms with Crippen molar-refractivity contribution in [3.63, 3.8) is 0 Å². The monoisotopic (exact) mass is 305 g/mol. The first kappa shape index (κ1) is 14.5. The van der Waals surface area contributed by atoms with Crippen LogP contribution in [0.15, 0.2) is 18.2 Å². The summed E-state index contributed by atoms with van der Waals surface area (Å²) in [5.41, 5.74) is 1.78. The van der Waals surface area contributed by atoms with Crippen molar-refractivity contribution in [1.82, 2.24) is 4.90 Å². The Kier molecular flexibility index (Phi) is 4.18. The van der Waals surface area contributed by atoms with E-state index < -0.39 is 0 Å². The highest BCUT2D eigenvalue weighted by Crippen LogP contribution is 2.59. The van der Waals surface area contributed by atoms with Crippen molar-refractivity contribution < 1.29 is 0 Å². The lowest BCUT2D eigenvalue weighted by Gasteiger charge is -2.20. The van der Waals surface area contributed by atoms with E-state index in [1.165, 1.54) is 38.0 Å². The van der Waals surface area contributed by atoms with Crippen LogP contribution in [0.3, 0.4) is 0 Å². The largest absolute Gasteiger partial charge is 0.302 e. The number of benzene rings is 1. The molecule has 0 unspecified atom stereocenters. The fourth-order valence-electron chi connectivity index (χ4n) is 3.33. The molecule has 1 aromatic carbocycles. The number of halogens is 3. The normalized spacial score (nSPS) is 29.8. The van der Waals surface area contributed by atoms with Crippen molar-refractivity contribution in [2.45, 2.75) is 25.2 Å². The Bertz CT molecular complexity index is 449. The van der Waals surface area contributed by atoms with E-state index in [1.807, 2.05) is 6.07 Å². The lowest BCUT2D eigenvalue weighted by molar-refractivity contribution is 0.299. The van der Waals surface area contributed by atoms with Gasteiger partial charge in [0.15, 0.2) is 0 Å². The minimum atomic E-state index is 0. The van der Waals surface area contributed by atoms with E-state index in [9.17, 15) is 0 Å². The summed E-state index contributed by atoms with van der Waals surface area (Å²) in [5.74, 6) is 0.839. The Labute approximate surface area is 125 Å². The van der Waals surface area contributed by atoms with E-state index >= 15 is 0 Å². The van der Waals surface area contributed by atoms with Gasteiger partial charge in [-0.25, -0.2) is 0 Å². The summed E-state index contributed by atoms with van der Waals surface area (Å²) in [4.78, 5) is 2.58. The third kappa shape index (κ3) is 2.27. The van der Waals surface area contributed by atoms with E-state index in [0.717, 1.165) is 5.92 Å². The Hall–Kier alpha value is 0.0500. The average Bonchev–Trinajstić information content (AvgIpc) is 2.87. The van der Waals surface area contributed by atoms with Crippen LogP contribution in [-0.2, 0) is 5.41 Å². The highest BCUT2D eigenvalue weighted by molar-refractivity contribution is 6.42. The summed E-state index contributed by atoms with van der Waals surface area (Å²) in [6.07, 6.45) is 2.56. The maximum atomic E-state index is 6.12. The minimum absolute atomic E-state index is 0. The molecule has 1 saturated carbocycles. The number of hydrogen-bond acceptors (Lipinski definition) is 1. The van der Waals surface area contributed by atoms with Crippen molar-refractivity contribution in [2.75, 3.05) is 19.6 Å². The predicted octanol–water partition coefficient (Wildman–Crippen LogP) is 4.40. The second-order valence-corrected chi connectivity index (χ2v) is 6.24. The van der Waals surface area contributed by atoms with Gasteiger partial charge in [-0.15, -0.1) is 12.4 Å². The number of likely N-dealkylation sites (tertiary alicyclic amines) is 1. The van der Waals surface area contributed by atoms with Crippen LogP contribution in [0.4, 0.5) is 0 Å². The molecular formula is C14H18Cl3N. The van der Waals surface area contributed by atoms with Crippen LogP contribution in [0, 0.1) is 5.92 Å².